The van der Waals surface area contributed by atoms with Crippen molar-refractivity contribution < 1.29 is 13.7 Å². The smallest absolute Gasteiger partial charge is 0.272 e. The highest BCUT2D eigenvalue weighted by atomic mass is 19.1. The SMILES string of the molecule is CC(Cc1ccco1)NCc1cc(F)cc([N+](=O)[O-])c1. The maximum absolute atomic E-state index is 13.3. The van der Waals surface area contributed by atoms with Crippen LogP contribution >= 0.6 is 0 Å². The predicted octanol–water partition coefficient (Wildman–Crippen LogP) is 3.05. The van der Waals surface area contributed by atoms with Crippen molar-refractivity contribution in [2.45, 2.75) is 25.9 Å². The highest BCUT2D eigenvalue weighted by Crippen LogP contribution is 2.16. The molecule has 0 bridgehead atoms. The summed E-state index contributed by atoms with van der Waals surface area (Å²) in [5.74, 6) is 0.255. The summed E-state index contributed by atoms with van der Waals surface area (Å²) in [4.78, 5) is 10.1. The highest BCUT2D eigenvalue weighted by Gasteiger charge is 2.11. The van der Waals surface area contributed by atoms with Crippen LogP contribution in [-0.4, -0.2) is 11.0 Å². The normalized spacial score (nSPS) is 12.3. The van der Waals surface area contributed by atoms with Crippen molar-refractivity contribution in [2.24, 2.45) is 0 Å². The molecule has 1 atom stereocenters. The molecule has 6 heteroatoms. The van der Waals surface area contributed by atoms with Crippen molar-refractivity contribution in [3.63, 3.8) is 0 Å². The Morgan fingerprint density at radius 1 is 1.45 bits per heavy atom. The van der Waals surface area contributed by atoms with E-state index in [2.05, 4.69) is 5.32 Å². The molecule has 0 saturated carbocycles. The van der Waals surface area contributed by atoms with Gasteiger partial charge in [-0.3, -0.25) is 10.1 Å². The summed E-state index contributed by atoms with van der Waals surface area (Å²) in [6, 6.07) is 7.39. The van der Waals surface area contributed by atoms with Crippen LogP contribution in [0.25, 0.3) is 0 Å². The van der Waals surface area contributed by atoms with E-state index < -0.39 is 10.7 Å². The second-order valence-electron chi connectivity index (χ2n) is 4.64. The number of hydrogen-bond donors (Lipinski definition) is 1. The molecule has 0 fully saturated rings. The minimum Gasteiger partial charge on any atom is -0.469 e. The van der Waals surface area contributed by atoms with Gasteiger partial charge < -0.3 is 9.73 Å². The first kappa shape index (κ1) is 14.2. The van der Waals surface area contributed by atoms with Crippen LogP contribution in [0, 0.1) is 15.9 Å². The minimum absolute atomic E-state index is 0.114. The zero-order valence-corrected chi connectivity index (χ0v) is 11.0. The molecule has 106 valence electrons. The lowest BCUT2D eigenvalue weighted by Crippen LogP contribution is -2.27. The van der Waals surface area contributed by atoms with Gasteiger partial charge in [0.25, 0.3) is 5.69 Å². The predicted molar refractivity (Wildman–Crippen MR) is 71.8 cm³/mol. The van der Waals surface area contributed by atoms with Crippen LogP contribution in [0.5, 0.6) is 0 Å². The van der Waals surface area contributed by atoms with Crippen LogP contribution in [0.1, 0.15) is 18.2 Å². The molecule has 1 aromatic carbocycles. The molecule has 1 unspecified atom stereocenters. The zero-order valence-electron chi connectivity index (χ0n) is 11.0. The molecule has 0 aliphatic rings. The lowest BCUT2D eigenvalue weighted by atomic mass is 10.1. The lowest BCUT2D eigenvalue weighted by molar-refractivity contribution is -0.385. The molecule has 5 nitrogen and oxygen atoms in total. The molecule has 0 radical (unpaired) electrons. The van der Waals surface area contributed by atoms with Crippen molar-refractivity contribution >= 4 is 5.69 Å². The number of nitro benzene ring substituents is 1. The molecule has 0 aliphatic carbocycles. The lowest BCUT2D eigenvalue weighted by Gasteiger charge is -2.12. The Morgan fingerprint density at radius 2 is 2.25 bits per heavy atom. The fourth-order valence-electron chi connectivity index (χ4n) is 1.94. The van der Waals surface area contributed by atoms with Gasteiger partial charge in [-0.25, -0.2) is 4.39 Å². The second kappa shape index (κ2) is 6.29. The first-order valence-corrected chi connectivity index (χ1v) is 6.24. The summed E-state index contributed by atoms with van der Waals surface area (Å²) in [6.07, 6.45) is 2.31. The molecule has 2 rings (SSSR count). The Kier molecular flexibility index (Phi) is 4.47. The van der Waals surface area contributed by atoms with Gasteiger partial charge in [-0.15, -0.1) is 0 Å². The Morgan fingerprint density at radius 3 is 2.90 bits per heavy atom. The van der Waals surface area contributed by atoms with Gasteiger partial charge >= 0.3 is 0 Å². The number of hydrogen-bond acceptors (Lipinski definition) is 4. The molecular formula is C14H15FN2O3. The number of rotatable bonds is 6. The van der Waals surface area contributed by atoms with Crippen LogP contribution < -0.4 is 5.32 Å². The standard InChI is InChI=1S/C14H15FN2O3/c1-10(5-14-3-2-4-20-14)16-9-11-6-12(15)8-13(7-11)17(18)19/h2-4,6-8,10,16H,5,9H2,1H3. The van der Waals surface area contributed by atoms with Gasteiger partial charge in [-0.05, 0) is 30.7 Å². The number of halogens is 1. The third-order valence-electron chi connectivity index (χ3n) is 2.90. The molecule has 20 heavy (non-hydrogen) atoms. The maximum Gasteiger partial charge on any atom is 0.272 e. The molecule has 0 spiro atoms. The van der Waals surface area contributed by atoms with Crippen LogP contribution in [0.4, 0.5) is 10.1 Å². The first-order valence-electron chi connectivity index (χ1n) is 6.24. The molecule has 2 aromatic rings. The van der Waals surface area contributed by atoms with E-state index in [1.165, 1.54) is 12.1 Å². The molecular weight excluding hydrogens is 263 g/mol. The van der Waals surface area contributed by atoms with Crippen molar-refractivity contribution in [1.29, 1.82) is 0 Å². The monoisotopic (exact) mass is 278 g/mol. The molecule has 0 aliphatic heterocycles. The molecule has 0 saturated heterocycles. The van der Waals surface area contributed by atoms with Gasteiger partial charge in [0.1, 0.15) is 11.6 Å². The fourth-order valence-corrected chi connectivity index (χ4v) is 1.94. The van der Waals surface area contributed by atoms with Crippen molar-refractivity contribution in [3.05, 3.63) is 63.9 Å². The van der Waals surface area contributed by atoms with E-state index in [1.54, 1.807) is 6.26 Å². The van der Waals surface area contributed by atoms with Crippen LogP contribution in [0.15, 0.2) is 41.0 Å². The summed E-state index contributed by atoms with van der Waals surface area (Å²) in [6.45, 7) is 2.33. The van der Waals surface area contributed by atoms with E-state index in [-0.39, 0.29) is 11.7 Å². The summed E-state index contributed by atoms with van der Waals surface area (Å²) in [5.41, 5.74) is 0.309. The Bertz CT molecular complexity index is 584. The topological polar surface area (TPSA) is 68.3 Å². The van der Waals surface area contributed by atoms with Crippen molar-refractivity contribution in [3.8, 4) is 0 Å². The average molecular weight is 278 g/mol. The average Bonchev–Trinajstić information content (AvgIpc) is 2.88. The van der Waals surface area contributed by atoms with Crippen LogP contribution in [0.3, 0.4) is 0 Å². The van der Waals surface area contributed by atoms with Gasteiger partial charge in [0.2, 0.25) is 0 Å². The van der Waals surface area contributed by atoms with Gasteiger partial charge in [0, 0.05) is 25.1 Å². The summed E-state index contributed by atoms with van der Waals surface area (Å²) in [7, 11) is 0. The van der Waals surface area contributed by atoms with Crippen molar-refractivity contribution in [1.82, 2.24) is 5.32 Å². The van der Waals surface area contributed by atoms with Gasteiger partial charge in [0.15, 0.2) is 0 Å². The Balaban J connectivity index is 1.94. The highest BCUT2D eigenvalue weighted by molar-refractivity contribution is 5.35. The second-order valence-corrected chi connectivity index (χ2v) is 4.64. The summed E-state index contributed by atoms with van der Waals surface area (Å²) >= 11 is 0. The van der Waals surface area contributed by atoms with Gasteiger partial charge in [-0.1, -0.05) is 0 Å². The van der Waals surface area contributed by atoms with E-state index in [1.807, 2.05) is 19.1 Å². The van der Waals surface area contributed by atoms with E-state index in [0.717, 1.165) is 11.8 Å². The zero-order chi connectivity index (χ0) is 14.5. The van der Waals surface area contributed by atoms with Gasteiger partial charge in [0.05, 0.1) is 17.3 Å². The summed E-state index contributed by atoms with van der Waals surface area (Å²) in [5, 5.41) is 13.8. The van der Waals surface area contributed by atoms with E-state index in [0.29, 0.717) is 18.5 Å². The largest absolute Gasteiger partial charge is 0.469 e. The third-order valence-corrected chi connectivity index (χ3v) is 2.90. The van der Waals surface area contributed by atoms with Crippen molar-refractivity contribution in [2.75, 3.05) is 0 Å². The van der Waals surface area contributed by atoms with Gasteiger partial charge in [-0.2, -0.15) is 0 Å². The quantitative estimate of drug-likeness (QED) is 0.651. The summed E-state index contributed by atoms with van der Waals surface area (Å²) < 4.78 is 18.5. The van der Waals surface area contributed by atoms with E-state index in [4.69, 9.17) is 4.42 Å². The number of nitrogens with one attached hydrogen (secondary N) is 1. The maximum atomic E-state index is 13.3. The van der Waals surface area contributed by atoms with Crippen LogP contribution in [-0.2, 0) is 13.0 Å². The molecule has 1 heterocycles. The van der Waals surface area contributed by atoms with E-state index in [9.17, 15) is 14.5 Å². The number of nitro groups is 1. The van der Waals surface area contributed by atoms with Crippen LogP contribution in [0.2, 0.25) is 0 Å². The number of furan rings is 1. The minimum atomic E-state index is -0.602. The Labute approximate surface area is 115 Å². The molecule has 1 aromatic heterocycles. The number of benzene rings is 1. The number of nitrogens with zero attached hydrogens (tertiary/aromatic N) is 1. The fraction of sp³-hybridized carbons (Fsp3) is 0.286. The number of non-ortho nitro benzene ring substituents is 1. The first-order chi connectivity index (χ1) is 9.54. The van der Waals surface area contributed by atoms with E-state index >= 15 is 0 Å². The third kappa shape index (κ3) is 3.89. The Hall–Kier alpha value is -2.21. The molecule has 1 N–H and O–H groups in total. The molecule has 0 amide bonds.